The van der Waals surface area contributed by atoms with E-state index in [2.05, 4.69) is 46.9 Å². The lowest BCUT2D eigenvalue weighted by molar-refractivity contribution is -0.166. The molecule has 144 valence electrons. The lowest BCUT2D eigenvalue weighted by atomic mass is 9.51. The van der Waals surface area contributed by atoms with Crippen molar-refractivity contribution in [1.29, 1.82) is 0 Å². The number of hydrogen-bond donors (Lipinski definition) is 1. The predicted octanol–water partition coefficient (Wildman–Crippen LogP) is 3.68. The SMILES string of the molecule is COC(=O)C(C(=O)OC)C1(C(C)(C)C)NC(C(C)(C)C)=C1C(C)(C)C. The lowest BCUT2D eigenvalue weighted by Gasteiger charge is -2.62. The Balaban J connectivity index is 3.84. The molecule has 0 aromatic heterocycles. The third-order valence-corrected chi connectivity index (χ3v) is 4.96. The highest BCUT2D eigenvalue weighted by atomic mass is 16.5. The second-order valence-corrected chi connectivity index (χ2v) is 9.91. The number of allylic oxidation sites excluding steroid dienone is 1. The van der Waals surface area contributed by atoms with Crippen molar-refractivity contribution in [2.75, 3.05) is 14.2 Å². The van der Waals surface area contributed by atoms with Crippen LogP contribution in [0.4, 0.5) is 0 Å². The summed E-state index contributed by atoms with van der Waals surface area (Å²) in [5.41, 5.74) is 0.509. The largest absolute Gasteiger partial charge is 0.468 e. The summed E-state index contributed by atoms with van der Waals surface area (Å²) in [5, 5.41) is 3.54. The van der Waals surface area contributed by atoms with Gasteiger partial charge in [0, 0.05) is 11.1 Å². The van der Waals surface area contributed by atoms with Crippen LogP contribution in [0.25, 0.3) is 0 Å². The zero-order valence-electron chi connectivity index (χ0n) is 17.7. The Morgan fingerprint density at radius 2 is 1.24 bits per heavy atom. The second-order valence-electron chi connectivity index (χ2n) is 9.91. The molecule has 5 nitrogen and oxygen atoms in total. The molecule has 25 heavy (non-hydrogen) atoms. The first-order valence-electron chi connectivity index (χ1n) is 8.75. The summed E-state index contributed by atoms with van der Waals surface area (Å²) >= 11 is 0. The van der Waals surface area contributed by atoms with Gasteiger partial charge in [0.25, 0.3) is 0 Å². The van der Waals surface area contributed by atoms with E-state index in [9.17, 15) is 9.59 Å². The molecule has 0 aromatic carbocycles. The average Bonchev–Trinajstić information content (AvgIpc) is 2.36. The van der Waals surface area contributed by atoms with Crippen LogP contribution in [0.2, 0.25) is 0 Å². The Kier molecular flexibility index (Phi) is 5.45. The Morgan fingerprint density at radius 3 is 1.48 bits per heavy atom. The van der Waals surface area contributed by atoms with E-state index in [1.165, 1.54) is 14.2 Å². The minimum atomic E-state index is -1.07. The van der Waals surface area contributed by atoms with Crippen molar-refractivity contribution in [3.63, 3.8) is 0 Å². The number of methoxy groups -OCH3 is 2. The number of ether oxygens (including phenoxy) is 2. The van der Waals surface area contributed by atoms with Gasteiger partial charge in [-0.05, 0) is 16.4 Å². The fourth-order valence-electron chi connectivity index (χ4n) is 3.88. The Morgan fingerprint density at radius 1 is 0.840 bits per heavy atom. The first-order chi connectivity index (χ1) is 11.1. The van der Waals surface area contributed by atoms with E-state index in [0.717, 1.165) is 11.3 Å². The number of carbonyl (C=O) groups is 2. The van der Waals surface area contributed by atoms with E-state index < -0.39 is 28.8 Å². The summed E-state index contributed by atoms with van der Waals surface area (Å²) in [4.78, 5) is 25.3. The molecule has 0 radical (unpaired) electrons. The summed E-state index contributed by atoms with van der Waals surface area (Å²) in [6.45, 7) is 18.8. The topological polar surface area (TPSA) is 64.6 Å². The number of rotatable bonds is 3. The molecule has 0 fully saturated rings. The van der Waals surface area contributed by atoms with E-state index in [0.29, 0.717) is 0 Å². The first-order valence-corrected chi connectivity index (χ1v) is 8.75. The summed E-state index contributed by atoms with van der Waals surface area (Å²) in [6.07, 6.45) is 0. The minimum absolute atomic E-state index is 0.131. The summed E-state index contributed by atoms with van der Waals surface area (Å²) in [7, 11) is 2.61. The van der Waals surface area contributed by atoms with Crippen LogP contribution in [0.3, 0.4) is 0 Å². The molecular weight excluding hydrogens is 318 g/mol. The fourth-order valence-corrected chi connectivity index (χ4v) is 3.88. The molecule has 1 atom stereocenters. The van der Waals surface area contributed by atoms with Crippen LogP contribution in [-0.2, 0) is 19.1 Å². The van der Waals surface area contributed by atoms with Gasteiger partial charge < -0.3 is 14.8 Å². The Hall–Kier alpha value is -1.52. The zero-order chi connectivity index (χ0) is 20.0. The molecule has 0 amide bonds. The van der Waals surface area contributed by atoms with Crippen LogP contribution in [0.1, 0.15) is 62.3 Å². The molecule has 0 aromatic rings. The maximum Gasteiger partial charge on any atom is 0.322 e. The smallest absolute Gasteiger partial charge is 0.322 e. The van der Waals surface area contributed by atoms with Crippen LogP contribution in [0.5, 0.6) is 0 Å². The summed E-state index contributed by atoms with van der Waals surface area (Å²) in [5.74, 6) is -2.23. The molecule has 0 bridgehead atoms. The van der Waals surface area contributed by atoms with Crippen molar-refractivity contribution in [1.82, 2.24) is 5.32 Å². The summed E-state index contributed by atoms with van der Waals surface area (Å²) < 4.78 is 9.98. The maximum atomic E-state index is 12.6. The normalized spacial score (nSPS) is 21.6. The highest BCUT2D eigenvalue weighted by molar-refractivity contribution is 5.98. The van der Waals surface area contributed by atoms with Crippen molar-refractivity contribution >= 4 is 11.9 Å². The van der Waals surface area contributed by atoms with Crippen LogP contribution < -0.4 is 5.32 Å². The first kappa shape index (κ1) is 21.5. The van der Waals surface area contributed by atoms with Gasteiger partial charge in [0.1, 0.15) is 0 Å². The van der Waals surface area contributed by atoms with Crippen LogP contribution >= 0.6 is 0 Å². The quantitative estimate of drug-likeness (QED) is 0.619. The maximum absolute atomic E-state index is 12.6. The summed E-state index contributed by atoms with van der Waals surface area (Å²) in [6, 6.07) is 0. The van der Waals surface area contributed by atoms with Gasteiger partial charge >= 0.3 is 11.9 Å². The lowest BCUT2D eigenvalue weighted by Crippen LogP contribution is -2.73. The molecule has 1 N–H and O–H groups in total. The standard InChI is InChI=1S/C20H35NO4/c1-17(2,3)13-14(18(4,5)6)21-20(13,19(7,8)9)12(15(22)24-10)16(23)25-11/h12,21H,1-11H3. The van der Waals surface area contributed by atoms with E-state index >= 15 is 0 Å². The van der Waals surface area contributed by atoms with Gasteiger partial charge in [-0.25, -0.2) is 0 Å². The number of carbonyl (C=O) groups excluding carboxylic acids is 2. The van der Waals surface area contributed by atoms with Crippen molar-refractivity contribution in [3.8, 4) is 0 Å². The third kappa shape index (κ3) is 3.42. The average molecular weight is 354 g/mol. The molecule has 1 rings (SSSR count). The molecule has 1 heterocycles. The van der Waals surface area contributed by atoms with Gasteiger partial charge in [-0.1, -0.05) is 62.3 Å². The van der Waals surface area contributed by atoms with E-state index in [-0.39, 0.29) is 10.8 Å². The second kappa shape index (κ2) is 6.33. The van der Waals surface area contributed by atoms with Crippen LogP contribution in [0.15, 0.2) is 11.3 Å². The fraction of sp³-hybridized carbons (Fsp3) is 0.800. The number of esters is 2. The molecule has 1 unspecified atom stereocenters. The Labute approximate surface area is 152 Å². The molecule has 0 saturated heterocycles. The molecule has 0 spiro atoms. The molecular formula is C20H35NO4. The Bertz CT molecular complexity index is 568. The molecule has 0 aliphatic carbocycles. The van der Waals surface area contributed by atoms with Crippen molar-refractivity contribution < 1.29 is 19.1 Å². The number of nitrogens with one attached hydrogen (secondary N) is 1. The monoisotopic (exact) mass is 353 g/mol. The molecule has 0 saturated carbocycles. The molecule has 1 aliphatic rings. The van der Waals surface area contributed by atoms with Crippen LogP contribution in [-0.4, -0.2) is 31.7 Å². The van der Waals surface area contributed by atoms with Crippen molar-refractivity contribution in [2.45, 2.75) is 67.9 Å². The highest BCUT2D eigenvalue weighted by Gasteiger charge is 2.66. The van der Waals surface area contributed by atoms with E-state index in [1.807, 2.05) is 20.8 Å². The number of hydrogen-bond acceptors (Lipinski definition) is 5. The van der Waals surface area contributed by atoms with Gasteiger partial charge in [-0.15, -0.1) is 0 Å². The van der Waals surface area contributed by atoms with Gasteiger partial charge in [0.05, 0.1) is 19.8 Å². The minimum Gasteiger partial charge on any atom is -0.468 e. The van der Waals surface area contributed by atoms with E-state index in [4.69, 9.17) is 9.47 Å². The van der Waals surface area contributed by atoms with Crippen molar-refractivity contribution in [2.24, 2.45) is 22.2 Å². The molecule has 5 heteroatoms. The van der Waals surface area contributed by atoms with Gasteiger partial charge in [0.15, 0.2) is 5.92 Å². The molecule has 1 aliphatic heterocycles. The van der Waals surface area contributed by atoms with Gasteiger partial charge in [0.2, 0.25) is 0 Å². The third-order valence-electron chi connectivity index (χ3n) is 4.96. The predicted molar refractivity (Wildman–Crippen MR) is 98.8 cm³/mol. The highest BCUT2D eigenvalue weighted by Crippen LogP contribution is 2.58. The van der Waals surface area contributed by atoms with Gasteiger partial charge in [-0.2, -0.15) is 0 Å². The van der Waals surface area contributed by atoms with Crippen LogP contribution in [0, 0.1) is 22.2 Å². The van der Waals surface area contributed by atoms with Crippen molar-refractivity contribution in [3.05, 3.63) is 11.3 Å². The van der Waals surface area contributed by atoms with E-state index in [1.54, 1.807) is 0 Å². The zero-order valence-corrected chi connectivity index (χ0v) is 17.7. The van der Waals surface area contributed by atoms with Gasteiger partial charge in [-0.3, -0.25) is 9.59 Å².